The van der Waals surface area contributed by atoms with Crippen molar-refractivity contribution in [1.29, 1.82) is 0 Å². The molecular weight excluding hydrogens is 536 g/mol. The molecule has 0 aliphatic carbocycles. The second-order valence-electron chi connectivity index (χ2n) is 6.79. The molecule has 2 N–H and O–H groups in total. The highest BCUT2D eigenvalue weighted by atomic mass is 79.9. The Bertz CT molecular complexity index is 1150. The van der Waals surface area contributed by atoms with E-state index in [1.807, 2.05) is 0 Å². The molecule has 5 heterocycles. The van der Waals surface area contributed by atoms with E-state index in [1.54, 1.807) is 0 Å². The largest absolute Gasteiger partial charge is 0.358 e. The van der Waals surface area contributed by atoms with Crippen LogP contribution in [0.4, 0.5) is 0 Å². The Morgan fingerprint density at radius 2 is 1.78 bits per heavy atom. The molecule has 4 unspecified atom stereocenters. The Morgan fingerprint density at radius 3 is 2.63 bits per heavy atom. The maximum absolute atomic E-state index is 4.95. The number of fused-ring (bicyclic) bond motifs is 6. The first-order valence-electron chi connectivity index (χ1n) is 8.60. The van der Waals surface area contributed by atoms with Crippen LogP contribution in [-0.4, -0.2) is 36.7 Å². The van der Waals surface area contributed by atoms with Crippen LogP contribution in [0, 0.1) is 0 Å². The molecule has 0 radical (unpaired) electrons. The Balaban J connectivity index is 1.68. The van der Waals surface area contributed by atoms with Crippen LogP contribution in [0.1, 0.15) is 16.2 Å². The first-order chi connectivity index (χ1) is 13.0. The van der Waals surface area contributed by atoms with Crippen LogP contribution in [0.15, 0.2) is 58.6 Å². The lowest BCUT2D eigenvalue weighted by Gasteiger charge is -2.23. The molecule has 8 bridgehead atoms. The minimum atomic E-state index is -0.534. The Labute approximate surface area is 181 Å². The van der Waals surface area contributed by atoms with Gasteiger partial charge < -0.3 is 9.97 Å². The van der Waals surface area contributed by atoms with Gasteiger partial charge in [0, 0.05) is 22.1 Å². The van der Waals surface area contributed by atoms with E-state index in [0.29, 0.717) is 0 Å². The van der Waals surface area contributed by atoms with Crippen molar-refractivity contribution in [2.45, 2.75) is 20.1 Å². The first kappa shape index (κ1) is 17.6. The molecule has 0 amide bonds. The lowest BCUT2D eigenvalue weighted by atomic mass is 10.1. The average molecular weight is 551 g/mol. The SMILES string of the molecule is BrC1C2=NC(Br)(C=C2)C(Br)c2ccc([nH]2)C=c2ccc([nH]2)=CC2=NC1C=C2. The predicted octanol–water partition coefficient (Wildman–Crippen LogP) is 3.65. The number of nitrogens with zero attached hydrogens (tertiary/aromatic N) is 2. The van der Waals surface area contributed by atoms with E-state index < -0.39 is 4.45 Å². The maximum Gasteiger partial charge on any atom is 0.152 e. The van der Waals surface area contributed by atoms with Crippen LogP contribution in [0.2, 0.25) is 0 Å². The van der Waals surface area contributed by atoms with Crippen LogP contribution in [0.3, 0.4) is 0 Å². The third kappa shape index (κ3) is 3.19. The number of halogens is 3. The summed E-state index contributed by atoms with van der Waals surface area (Å²) < 4.78 is -0.534. The van der Waals surface area contributed by atoms with Crippen molar-refractivity contribution in [2.75, 3.05) is 0 Å². The summed E-state index contributed by atoms with van der Waals surface area (Å²) in [7, 11) is 0. The van der Waals surface area contributed by atoms with Crippen LogP contribution in [-0.2, 0) is 0 Å². The fourth-order valence-electron chi connectivity index (χ4n) is 3.45. The van der Waals surface area contributed by atoms with Gasteiger partial charge in [0.25, 0.3) is 0 Å². The third-order valence-electron chi connectivity index (χ3n) is 4.84. The van der Waals surface area contributed by atoms with E-state index in [2.05, 4.69) is 118 Å². The maximum atomic E-state index is 4.95. The van der Waals surface area contributed by atoms with Gasteiger partial charge in [0.1, 0.15) is 0 Å². The zero-order chi connectivity index (χ0) is 18.6. The Hall–Kier alpha value is -1.44. The van der Waals surface area contributed by atoms with Crippen LogP contribution < -0.4 is 10.7 Å². The summed E-state index contributed by atoms with van der Waals surface area (Å²) in [6, 6.07) is 8.33. The summed E-state index contributed by atoms with van der Waals surface area (Å²) >= 11 is 11.4. The smallest absolute Gasteiger partial charge is 0.152 e. The molecule has 0 saturated carbocycles. The molecule has 0 spiro atoms. The summed E-state index contributed by atoms with van der Waals surface area (Å²) in [5.74, 6) is 0. The molecule has 3 aliphatic rings. The van der Waals surface area contributed by atoms with Gasteiger partial charge in [0.05, 0.1) is 27.1 Å². The highest BCUT2D eigenvalue weighted by molar-refractivity contribution is 9.12. The van der Waals surface area contributed by atoms with Crippen LogP contribution in [0.5, 0.6) is 0 Å². The Kier molecular flexibility index (Phi) is 4.29. The number of H-pyrrole nitrogens is 2. The zero-order valence-electron chi connectivity index (χ0n) is 14.0. The summed E-state index contributed by atoms with van der Waals surface area (Å²) in [5, 5.41) is 2.08. The van der Waals surface area contributed by atoms with E-state index in [0.717, 1.165) is 33.5 Å². The van der Waals surface area contributed by atoms with Crippen molar-refractivity contribution in [3.05, 3.63) is 70.7 Å². The molecule has 0 fully saturated rings. The monoisotopic (exact) mass is 548 g/mol. The number of nitrogens with one attached hydrogen (secondary N) is 2. The highest BCUT2D eigenvalue weighted by Gasteiger charge is 2.39. The molecule has 3 aliphatic heterocycles. The number of aliphatic imine (C=N–C) groups is 2. The van der Waals surface area contributed by atoms with Gasteiger partial charge in [0.2, 0.25) is 0 Å². The fourth-order valence-corrected chi connectivity index (χ4v) is 5.11. The van der Waals surface area contributed by atoms with Gasteiger partial charge in [-0.15, -0.1) is 0 Å². The zero-order valence-corrected chi connectivity index (χ0v) is 18.8. The molecule has 4 atom stereocenters. The molecule has 0 saturated heterocycles. The quantitative estimate of drug-likeness (QED) is 0.372. The molecular formula is C20H15Br3N4. The predicted molar refractivity (Wildman–Crippen MR) is 122 cm³/mol. The molecule has 2 aromatic heterocycles. The summed E-state index contributed by atoms with van der Waals surface area (Å²) in [4.78, 5) is 16.7. The van der Waals surface area contributed by atoms with Crippen molar-refractivity contribution >= 4 is 71.4 Å². The van der Waals surface area contributed by atoms with Crippen LogP contribution in [0.25, 0.3) is 12.2 Å². The molecule has 0 aromatic carbocycles. The van der Waals surface area contributed by atoms with E-state index >= 15 is 0 Å². The average Bonchev–Trinajstić information content (AvgIpc) is 3.42. The minimum Gasteiger partial charge on any atom is -0.358 e. The highest BCUT2D eigenvalue weighted by Crippen LogP contribution is 2.45. The van der Waals surface area contributed by atoms with E-state index in [1.165, 1.54) is 0 Å². The van der Waals surface area contributed by atoms with Gasteiger partial charge in [0.15, 0.2) is 4.45 Å². The summed E-state index contributed by atoms with van der Waals surface area (Å²) in [6.45, 7) is 0. The van der Waals surface area contributed by atoms with Crippen LogP contribution >= 0.6 is 47.8 Å². The molecule has 4 nitrogen and oxygen atoms in total. The number of hydrogen-bond acceptors (Lipinski definition) is 2. The second-order valence-corrected chi connectivity index (χ2v) is 9.96. The van der Waals surface area contributed by atoms with Gasteiger partial charge in [-0.25, -0.2) is 0 Å². The van der Waals surface area contributed by atoms with Crippen molar-refractivity contribution in [2.24, 2.45) is 9.98 Å². The molecule has 27 heavy (non-hydrogen) atoms. The van der Waals surface area contributed by atoms with E-state index in [9.17, 15) is 0 Å². The molecule has 136 valence electrons. The minimum absolute atomic E-state index is 0.0225. The van der Waals surface area contributed by atoms with E-state index in [4.69, 9.17) is 9.98 Å². The van der Waals surface area contributed by atoms with Crippen molar-refractivity contribution < 1.29 is 0 Å². The number of allylic oxidation sites excluding steroid dienone is 2. The third-order valence-corrected chi connectivity index (χ3v) is 8.55. The topological polar surface area (TPSA) is 56.3 Å². The number of alkyl halides is 3. The molecule has 5 rings (SSSR count). The van der Waals surface area contributed by atoms with E-state index in [-0.39, 0.29) is 15.7 Å². The summed E-state index contributed by atoms with van der Waals surface area (Å²) in [5.41, 5.74) is 4.03. The summed E-state index contributed by atoms with van der Waals surface area (Å²) in [6.07, 6.45) is 12.5. The number of rotatable bonds is 0. The van der Waals surface area contributed by atoms with Crippen molar-refractivity contribution in [1.82, 2.24) is 9.97 Å². The Morgan fingerprint density at radius 1 is 0.963 bits per heavy atom. The normalized spacial score (nSPS) is 31.3. The second kappa shape index (κ2) is 6.57. The molecule has 2 aromatic rings. The van der Waals surface area contributed by atoms with Gasteiger partial charge in [-0.05, 0) is 54.6 Å². The fraction of sp³-hybridized carbons (Fsp3) is 0.200. The number of aromatic amines is 2. The van der Waals surface area contributed by atoms with Crippen molar-refractivity contribution in [3.8, 4) is 0 Å². The van der Waals surface area contributed by atoms with Gasteiger partial charge >= 0.3 is 0 Å². The standard InChI is InChI=1S/C20H15Br3N4/c21-18-15-5-3-13(25-15)9-11-1-2-12(24-11)10-14-4-6-17(26-14)19(22)20(23)8-7-16(18)27-20/h1-10,15,18-19,24,26H. The first-order valence-corrected chi connectivity index (χ1v) is 11.2. The van der Waals surface area contributed by atoms with Gasteiger partial charge in [-0.2, -0.15) is 0 Å². The number of aromatic nitrogens is 2. The van der Waals surface area contributed by atoms with Gasteiger partial charge in [-0.1, -0.05) is 53.9 Å². The van der Waals surface area contributed by atoms with Crippen molar-refractivity contribution in [3.63, 3.8) is 0 Å². The van der Waals surface area contributed by atoms with Gasteiger partial charge in [-0.3, -0.25) is 9.98 Å². The number of hydrogen-bond donors (Lipinski definition) is 2. The lowest BCUT2D eigenvalue weighted by Crippen LogP contribution is -2.25. The molecule has 7 heteroatoms. The lowest BCUT2D eigenvalue weighted by molar-refractivity contribution is 0.749.